The first-order chi connectivity index (χ1) is 15.0. The number of aromatic nitrogens is 4. The molecule has 7 heteroatoms. The number of nitrogens with one attached hydrogen (secondary N) is 1. The van der Waals surface area contributed by atoms with Gasteiger partial charge in [-0.15, -0.1) is 0 Å². The zero-order valence-corrected chi connectivity index (χ0v) is 16.8. The number of primary amides is 1. The number of anilines is 1. The van der Waals surface area contributed by atoms with Crippen molar-refractivity contribution in [1.29, 1.82) is 0 Å². The van der Waals surface area contributed by atoms with Crippen molar-refractivity contribution < 1.29 is 4.79 Å². The Hall–Kier alpha value is -4.39. The van der Waals surface area contributed by atoms with Gasteiger partial charge in [0.1, 0.15) is 0 Å². The van der Waals surface area contributed by atoms with E-state index in [0.29, 0.717) is 11.3 Å². The summed E-state index contributed by atoms with van der Waals surface area (Å²) in [5.41, 5.74) is 18.0. The highest BCUT2D eigenvalue weighted by molar-refractivity contribution is 6.05. The molecule has 3 aromatic heterocycles. The second-order valence-corrected chi connectivity index (χ2v) is 7.35. The molecule has 0 spiro atoms. The van der Waals surface area contributed by atoms with E-state index >= 15 is 0 Å². The number of hydrogen-bond donors (Lipinski definition) is 3. The van der Waals surface area contributed by atoms with Gasteiger partial charge in [0.2, 0.25) is 11.9 Å². The number of aryl methyl sites for hydroxylation is 1. The third-order valence-corrected chi connectivity index (χ3v) is 5.42. The van der Waals surface area contributed by atoms with Crippen molar-refractivity contribution in [3.8, 4) is 33.8 Å². The normalized spacial score (nSPS) is 11.1. The summed E-state index contributed by atoms with van der Waals surface area (Å²) >= 11 is 0. The second kappa shape index (κ2) is 7.14. The fourth-order valence-electron chi connectivity index (χ4n) is 4.01. The molecule has 0 saturated carbocycles. The Balaban J connectivity index is 1.82. The topological polar surface area (TPSA) is 116 Å². The molecule has 5 rings (SSSR count). The van der Waals surface area contributed by atoms with Gasteiger partial charge in [-0.2, -0.15) is 0 Å². The summed E-state index contributed by atoms with van der Waals surface area (Å²) in [6, 6.07) is 19.3. The Labute approximate surface area is 178 Å². The number of para-hydroxylation sites is 1. The number of H-pyrrole nitrogens is 1. The van der Waals surface area contributed by atoms with Crippen LogP contribution < -0.4 is 11.5 Å². The van der Waals surface area contributed by atoms with Crippen LogP contribution in [0.4, 0.5) is 5.95 Å². The SMILES string of the molecule is Cn1cc(-c2[nH]c(-c3ccnc(N)n3)cc2-c2ccccc2C(N)=O)c2ccccc21. The molecule has 0 saturated heterocycles. The van der Waals surface area contributed by atoms with Crippen molar-refractivity contribution in [3.63, 3.8) is 0 Å². The molecular formula is C24H20N6O. The molecule has 0 aliphatic heterocycles. The quantitative estimate of drug-likeness (QED) is 0.417. The largest absolute Gasteiger partial charge is 0.368 e. The molecule has 2 aromatic carbocycles. The molecule has 0 fully saturated rings. The van der Waals surface area contributed by atoms with Gasteiger partial charge in [-0.1, -0.05) is 36.4 Å². The number of benzene rings is 2. The maximum Gasteiger partial charge on any atom is 0.249 e. The van der Waals surface area contributed by atoms with Gasteiger partial charge >= 0.3 is 0 Å². The number of nitrogens with two attached hydrogens (primary N) is 2. The lowest BCUT2D eigenvalue weighted by Crippen LogP contribution is -2.12. The molecule has 31 heavy (non-hydrogen) atoms. The molecule has 0 aliphatic carbocycles. The number of amides is 1. The van der Waals surface area contributed by atoms with E-state index in [1.54, 1.807) is 24.4 Å². The summed E-state index contributed by atoms with van der Waals surface area (Å²) in [5, 5.41) is 1.10. The number of carbonyl (C=O) groups excluding carboxylic acids is 1. The lowest BCUT2D eigenvalue weighted by molar-refractivity contribution is 0.100. The van der Waals surface area contributed by atoms with E-state index in [4.69, 9.17) is 11.5 Å². The van der Waals surface area contributed by atoms with Crippen LogP contribution >= 0.6 is 0 Å². The highest BCUT2D eigenvalue weighted by Crippen LogP contribution is 2.40. The summed E-state index contributed by atoms with van der Waals surface area (Å²) in [6.45, 7) is 0. The van der Waals surface area contributed by atoms with E-state index in [1.165, 1.54) is 0 Å². The van der Waals surface area contributed by atoms with E-state index in [9.17, 15) is 4.79 Å². The van der Waals surface area contributed by atoms with Crippen molar-refractivity contribution in [2.24, 2.45) is 12.8 Å². The van der Waals surface area contributed by atoms with Gasteiger partial charge in [0, 0.05) is 47.0 Å². The average Bonchev–Trinajstić information content (AvgIpc) is 3.36. The lowest BCUT2D eigenvalue weighted by atomic mass is 9.96. The summed E-state index contributed by atoms with van der Waals surface area (Å²) in [6.07, 6.45) is 3.69. The van der Waals surface area contributed by atoms with E-state index in [0.717, 1.165) is 39.0 Å². The van der Waals surface area contributed by atoms with E-state index in [1.807, 2.05) is 37.4 Å². The number of aromatic amines is 1. The monoisotopic (exact) mass is 408 g/mol. The highest BCUT2D eigenvalue weighted by atomic mass is 16.1. The third kappa shape index (κ3) is 3.12. The number of rotatable bonds is 4. The molecule has 0 radical (unpaired) electrons. The van der Waals surface area contributed by atoms with Crippen LogP contribution in [-0.2, 0) is 7.05 Å². The maximum atomic E-state index is 12.2. The van der Waals surface area contributed by atoms with Crippen molar-refractivity contribution in [2.45, 2.75) is 0 Å². The van der Waals surface area contributed by atoms with Crippen LogP contribution in [0, 0.1) is 0 Å². The molecule has 0 atom stereocenters. The van der Waals surface area contributed by atoms with Crippen molar-refractivity contribution in [2.75, 3.05) is 5.73 Å². The summed E-state index contributed by atoms with van der Waals surface area (Å²) in [7, 11) is 2.01. The van der Waals surface area contributed by atoms with Crippen LogP contribution in [0.5, 0.6) is 0 Å². The Morgan fingerprint density at radius 2 is 1.77 bits per heavy atom. The minimum Gasteiger partial charge on any atom is -0.368 e. The standard InChI is InChI=1S/C24H20N6O/c1-30-13-18(15-7-4-5-9-21(15)30)22-17(14-6-2-3-8-16(14)23(25)31)12-20(28-22)19-10-11-27-24(26)29-19/h2-13,28H,1H3,(H2,25,31)(H2,26,27,29). The zero-order valence-electron chi connectivity index (χ0n) is 16.8. The zero-order chi connectivity index (χ0) is 21.5. The number of fused-ring (bicyclic) bond motifs is 1. The second-order valence-electron chi connectivity index (χ2n) is 7.35. The first-order valence-electron chi connectivity index (χ1n) is 9.78. The van der Waals surface area contributed by atoms with Crippen LogP contribution in [0.3, 0.4) is 0 Å². The van der Waals surface area contributed by atoms with Crippen LogP contribution in [0.1, 0.15) is 10.4 Å². The lowest BCUT2D eigenvalue weighted by Gasteiger charge is -2.08. The van der Waals surface area contributed by atoms with Gasteiger partial charge in [-0.3, -0.25) is 4.79 Å². The molecule has 7 nitrogen and oxygen atoms in total. The number of nitrogen functional groups attached to an aromatic ring is 1. The Kier molecular flexibility index (Phi) is 4.29. The molecule has 5 aromatic rings. The van der Waals surface area contributed by atoms with Crippen LogP contribution in [0.25, 0.3) is 44.7 Å². The predicted molar refractivity (Wildman–Crippen MR) is 122 cm³/mol. The molecule has 0 aliphatic rings. The van der Waals surface area contributed by atoms with Crippen LogP contribution in [0.2, 0.25) is 0 Å². The summed E-state index contributed by atoms with van der Waals surface area (Å²) < 4.78 is 2.08. The third-order valence-electron chi connectivity index (χ3n) is 5.42. The van der Waals surface area contributed by atoms with Gasteiger partial charge in [-0.25, -0.2) is 9.97 Å². The fourth-order valence-corrected chi connectivity index (χ4v) is 4.01. The first kappa shape index (κ1) is 18.6. The van der Waals surface area contributed by atoms with Gasteiger partial charge in [0.05, 0.1) is 17.1 Å². The average molecular weight is 408 g/mol. The van der Waals surface area contributed by atoms with Gasteiger partial charge in [-0.05, 0) is 29.8 Å². The number of carbonyl (C=O) groups is 1. The first-order valence-corrected chi connectivity index (χ1v) is 9.78. The Morgan fingerprint density at radius 3 is 2.58 bits per heavy atom. The van der Waals surface area contributed by atoms with E-state index in [2.05, 4.69) is 37.8 Å². The Morgan fingerprint density at radius 1 is 1.00 bits per heavy atom. The van der Waals surface area contributed by atoms with E-state index < -0.39 is 5.91 Å². The van der Waals surface area contributed by atoms with Gasteiger partial charge in [0.15, 0.2) is 0 Å². The van der Waals surface area contributed by atoms with Crippen LogP contribution in [-0.4, -0.2) is 25.4 Å². The van der Waals surface area contributed by atoms with Crippen LogP contribution in [0.15, 0.2) is 73.1 Å². The minimum absolute atomic E-state index is 0.192. The fraction of sp³-hybridized carbons (Fsp3) is 0.0417. The summed E-state index contributed by atoms with van der Waals surface area (Å²) in [5.74, 6) is -0.286. The molecule has 152 valence electrons. The molecule has 0 unspecified atom stereocenters. The molecule has 5 N–H and O–H groups in total. The number of hydrogen-bond acceptors (Lipinski definition) is 4. The molecule has 0 bridgehead atoms. The predicted octanol–water partition coefficient (Wildman–Crippen LogP) is 3.98. The van der Waals surface area contributed by atoms with Crippen molar-refractivity contribution in [3.05, 3.63) is 78.6 Å². The Bertz CT molecular complexity index is 1450. The van der Waals surface area contributed by atoms with E-state index in [-0.39, 0.29) is 5.95 Å². The molecule has 1 amide bonds. The van der Waals surface area contributed by atoms with Gasteiger partial charge < -0.3 is 21.0 Å². The van der Waals surface area contributed by atoms with Crippen molar-refractivity contribution >= 4 is 22.8 Å². The minimum atomic E-state index is -0.478. The highest BCUT2D eigenvalue weighted by Gasteiger charge is 2.20. The van der Waals surface area contributed by atoms with Gasteiger partial charge in [0.25, 0.3) is 0 Å². The number of nitrogens with zero attached hydrogens (tertiary/aromatic N) is 3. The van der Waals surface area contributed by atoms with Crippen molar-refractivity contribution in [1.82, 2.24) is 19.5 Å². The molecule has 3 heterocycles. The molecular weight excluding hydrogens is 388 g/mol. The smallest absolute Gasteiger partial charge is 0.249 e. The maximum absolute atomic E-state index is 12.2. The summed E-state index contributed by atoms with van der Waals surface area (Å²) in [4.78, 5) is 24.0.